The fourth-order valence-electron chi connectivity index (χ4n) is 3.09. The van der Waals surface area contributed by atoms with Crippen LogP contribution >= 0.6 is 11.6 Å². The molecular weight excluding hydrogens is 344 g/mol. The summed E-state index contributed by atoms with van der Waals surface area (Å²) in [4.78, 5) is 27.1. The Hall–Kier alpha value is -2.73. The number of hydrogen-bond donors (Lipinski definition) is 1. The van der Waals surface area contributed by atoms with Crippen molar-refractivity contribution in [2.75, 3.05) is 19.9 Å². The fraction of sp³-hybridized carbons (Fsp3) is 0.222. The third kappa shape index (κ3) is 2.78. The maximum atomic E-state index is 13.0. The molecule has 1 fully saturated rings. The van der Waals surface area contributed by atoms with Crippen molar-refractivity contribution in [3.63, 3.8) is 0 Å². The van der Waals surface area contributed by atoms with Crippen molar-refractivity contribution in [3.8, 4) is 11.5 Å². The van der Waals surface area contributed by atoms with Gasteiger partial charge in [0.05, 0.1) is 0 Å². The summed E-state index contributed by atoms with van der Waals surface area (Å²) in [5.41, 5.74) is 1.05. The summed E-state index contributed by atoms with van der Waals surface area (Å²) in [5.74, 6) is 0.642. The lowest BCUT2D eigenvalue weighted by atomic mass is 10.0. The summed E-state index contributed by atoms with van der Waals surface area (Å²) in [5, 5.41) is 3.25. The summed E-state index contributed by atoms with van der Waals surface area (Å²) >= 11 is 6.26. The third-order valence-corrected chi connectivity index (χ3v) is 4.64. The average molecular weight is 359 g/mol. The average Bonchev–Trinajstić information content (AvgIpc) is 3.09. The fourth-order valence-corrected chi connectivity index (χ4v) is 3.33. The van der Waals surface area contributed by atoms with Crippen LogP contribution in [0.4, 0.5) is 0 Å². The van der Waals surface area contributed by atoms with Gasteiger partial charge in [0.1, 0.15) is 6.04 Å². The van der Waals surface area contributed by atoms with Crippen LogP contribution < -0.4 is 14.8 Å². The second-order valence-corrected chi connectivity index (χ2v) is 6.19. The number of benzene rings is 2. The minimum atomic E-state index is -0.764. The molecule has 25 heavy (non-hydrogen) atoms. The van der Waals surface area contributed by atoms with Crippen molar-refractivity contribution in [1.29, 1.82) is 0 Å². The van der Waals surface area contributed by atoms with E-state index in [-0.39, 0.29) is 18.6 Å². The second kappa shape index (κ2) is 6.29. The Bertz CT molecular complexity index is 855. The van der Waals surface area contributed by atoms with Crippen molar-refractivity contribution in [3.05, 3.63) is 58.6 Å². The Morgan fingerprint density at radius 3 is 2.80 bits per heavy atom. The van der Waals surface area contributed by atoms with Crippen LogP contribution in [0.2, 0.25) is 5.02 Å². The van der Waals surface area contributed by atoms with Crippen LogP contribution in [0.1, 0.15) is 22.0 Å². The number of halogens is 1. The van der Waals surface area contributed by atoms with Gasteiger partial charge in [-0.3, -0.25) is 9.59 Å². The van der Waals surface area contributed by atoms with Gasteiger partial charge in [0, 0.05) is 29.2 Å². The Labute approximate surface area is 149 Å². The van der Waals surface area contributed by atoms with Gasteiger partial charge in [-0.15, -0.1) is 0 Å². The molecule has 1 atom stereocenters. The Balaban J connectivity index is 1.70. The van der Waals surface area contributed by atoms with E-state index in [1.165, 1.54) is 4.90 Å². The molecule has 0 spiro atoms. The van der Waals surface area contributed by atoms with Gasteiger partial charge < -0.3 is 19.7 Å². The lowest BCUT2D eigenvalue weighted by molar-refractivity contribution is -0.128. The first-order valence-corrected chi connectivity index (χ1v) is 8.26. The van der Waals surface area contributed by atoms with E-state index in [4.69, 9.17) is 21.1 Å². The normalized spacial score (nSPS) is 18.8. The zero-order valence-electron chi connectivity index (χ0n) is 13.2. The molecule has 1 N–H and O–H groups in total. The third-order valence-electron chi connectivity index (χ3n) is 4.29. The maximum Gasteiger partial charge on any atom is 0.255 e. The molecule has 0 bridgehead atoms. The van der Waals surface area contributed by atoms with Crippen molar-refractivity contribution in [1.82, 2.24) is 10.2 Å². The largest absolute Gasteiger partial charge is 0.454 e. The molecule has 7 heteroatoms. The van der Waals surface area contributed by atoms with Crippen LogP contribution in [-0.4, -0.2) is 36.6 Å². The number of rotatable bonds is 2. The number of piperazine rings is 1. The highest BCUT2D eigenvalue weighted by atomic mass is 35.5. The molecule has 2 aliphatic heterocycles. The quantitative estimate of drug-likeness (QED) is 0.895. The number of nitrogens with one attached hydrogen (secondary N) is 1. The number of nitrogens with zero attached hydrogens (tertiary/aromatic N) is 1. The predicted octanol–water partition coefficient (Wildman–Crippen LogP) is 2.38. The molecule has 2 amide bonds. The van der Waals surface area contributed by atoms with Crippen molar-refractivity contribution in [2.45, 2.75) is 6.04 Å². The van der Waals surface area contributed by atoms with Gasteiger partial charge in [0.2, 0.25) is 12.7 Å². The number of carbonyl (C=O) groups excluding carboxylic acids is 2. The van der Waals surface area contributed by atoms with Crippen LogP contribution in [0.5, 0.6) is 11.5 Å². The van der Waals surface area contributed by atoms with Gasteiger partial charge in [-0.25, -0.2) is 0 Å². The first-order valence-electron chi connectivity index (χ1n) is 7.88. The summed E-state index contributed by atoms with van der Waals surface area (Å²) in [7, 11) is 0. The van der Waals surface area contributed by atoms with Gasteiger partial charge in [-0.05, 0) is 24.3 Å². The molecule has 0 aliphatic carbocycles. The number of ether oxygens (including phenoxy) is 2. The molecule has 0 saturated carbocycles. The van der Waals surface area contributed by atoms with E-state index < -0.39 is 6.04 Å². The topological polar surface area (TPSA) is 67.9 Å². The Morgan fingerprint density at radius 2 is 1.96 bits per heavy atom. The molecule has 1 unspecified atom stereocenters. The molecule has 4 rings (SSSR count). The van der Waals surface area contributed by atoms with Gasteiger partial charge in [0.25, 0.3) is 5.91 Å². The monoisotopic (exact) mass is 358 g/mol. The van der Waals surface area contributed by atoms with Gasteiger partial charge in [-0.2, -0.15) is 0 Å². The molecule has 2 aromatic carbocycles. The highest BCUT2D eigenvalue weighted by Gasteiger charge is 2.36. The summed E-state index contributed by atoms with van der Waals surface area (Å²) < 4.78 is 10.6. The number of carbonyl (C=O) groups is 2. The van der Waals surface area contributed by atoms with Gasteiger partial charge in [-0.1, -0.05) is 29.8 Å². The predicted molar refractivity (Wildman–Crippen MR) is 90.8 cm³/mol. The molecule has 0 aromatic heterocycles. The van der Waals surface area contributed by atoms with E-state index >= 15 is 0 Å². The SMILES string of the molecule is O=C1NCCN(C(=O)c2ccc3c(c2)OCO3)C1c1ccccc1Cl. The lowest BCUT2D eigenvalue weighted by Crippen LogP contribution is -2.52. The smallest absolute Gasteiger partial charge is 0.255 e. The summed E-state index contributed by atoms with van der Waals surface area (Å²) in [6, 6.07) is 11.3. The minimum absolute atomic E-state index is 0.140. The van der Waals surface area contributed by atoms with Gasteiger partial charge >= 0.3 is 0 Å². The first kappa shape index (κ1) is 15.8. The molecule has 0 radical (unpaired) electrons. The van der Waals surface area contributed by atoms with Crippen LogP contribution in [0.3, 0.4) is 0 Å². The zero-order valence-corrected chi connectivity index (χ0v) is 14.0. The highest BCUT2D eigenvalue weighted by molar-refractivity contribution is 6.31. The summed E-state index contributed by atoms with van der Waals surface area (Å²) in [6.45, 7) is 0.937. The standard InChI is InChI=1S/C18H15ClN2O4/c19-13-4-2-1-3-12(13)16-17(22)20-7-8-21(16)18(23)11-5-6-14-15(9-11)25-10-24-14/h1-6,9,16H,7-8,10H2,(H,20,22). The molecule has 2 heterocycles. The van der Waals surface area contributed by atoms with E-state index in [2.05, 4.69) is 5.32 Å². The number of fused-ring (bicyclic) bond motifs is 1. The molecule has 1 saturated heterocycles. The second-order valence-electron chi connectivity index (χ2n) is 5.78. The van der Waals surface area contributed by atoms with Crippen molar-refractivity contribution >= 4 is 23.4 Å². The number of hydrogen-bond acceptors (Lipinski definition) is 4. The Morgan fingerprint density at radius 1 is 1.16 bits per heavy atom. The Kier molecular flexibility index (Phi) is 3.97. The summed E-state index contributed by atoms with van der Waals surface area (Å²) in [6.07, 6.45) is 0. The van der Waals surface area contributed by atoms with Crippen LogP contribution in [0.15, 0.2) is 42.5 Å². The molecule has 2 aliphatic rings. The molecule has 2 aromatic rings. The van der Waals surface area contributed by atoms with Crippen LogP contribution in [0.25, 0.3) is 0 Å². The van der Waals surface area contributed by atoms with E-state index in [0.29, 0.717) is 40.7 Å². The van der Waals surface area contributed by atoms with Crippen molar-refractivity contribution < 1.29 is 19.1 Å². The van der Waals surface area contributed by atoms with E-state index in [0.717, 1.165) is 0 Å². The van der Waals surface area contributed by atoms with E-state index in [9.17, 15) is 9.59 Å². The molecule has 128 valence electrons. The van der Waals surface area contributed by atoms with Gasteiger partial charge in [0.15, 0.2) is 11.5 Å². The minimum Gasteiger partial charge on any atom is -0.454 e. The first-order chi connectivity index (χ1) is 12.1. The van der Waals surface area contributed by atoms with Crippen LogP contribution in [0, 0.1) is 0 Å². The molecule has 6 nitrogen and oxygen atoms in total. The maximum absolute atomic E-state index is 13.0. The highest BCUT2D eigenvalue weighted by Crippen LogP contribution is 2.35. The van der Waals surface area contributed by atoms with Crippen LogP contribution in [-0.2, 0) is 4.79 Å². The van der Waals surface area contributed by atoms with E-state index in [1.54, 1.807) is 42.5 Å². The van der Waals surface area contributed by atoms with Crippen molar-refractivity contribution in [2.24, 2.45) is 0 Å². The molecular formula is C18H15ClN2O4. The number of amides is 2. The lowest BCUT2D eigenvalue weighted by Gasteiger charge is -2.35. The zero-order chi connectivity index (χ0) is 17.4. The van der Waals surface area contributed by atoms with E-state index in [1.807, 2.05) is 0 Å².